The number of hydrogen-bond donors (Lipinski definition) is 0. The molecule has 6 aromatic carbocycles. The van der Waals surface area contributed by atoms with Crippen LogP contribution in [0, 0.1) is 0 Å². The molecule has 0 amide bonds. The maximum absolute atomic E-state index is 7.02. The lowest BCUT2D eigenvalue weighted by Crippen LogP contribution is -2.61. The summed E-state index contributed by atoms with van der Waals surface area (Å²) < 4.78 is 219. The summed E-state index contributed by atoms with van der Waals surface area (Å²) >= 11 is 0. The van der Waals surface area contributed by atoms with Crippen molar-refractivity contribution in [3.63, 3.8) is 0 Å². The summed E-state index contributed by atoms with van der Waals surface area (Å²) in [6, 6.07) is 60.5. The monoisotopic (exact) mass is 2120 g/mol. The second kappa shape index (κ2) is 92.5. The Morgan fingerprint density at radius 3 is 0.540 bits per heavy atom. The molecule has 0 radical (unpaired) electrons. The molecule has 36 nitrogen and oxygen atoms in total. The molecule has 0 unspecified atom stereocenters. The van der Waals surface area contributed by atoms with Gasteiger partial charge in [-0.3, -0.25) is 0 Å². The van der Waals surface area contributed by atoms with Crippen LogP contribution in [0.3, 0.4) is 0 Å². The predicted molar refractivity (Wildman–Crippen MR) is 558 cm³/mol. The Labute approximate surface area is 889 Å². The fourth-order valence-corrected chi connectivity index (χ4v) is 15.3. The second-order valence-electron chi connectivity index (χ2n) is 34.4. The Kier molecular flexibility index (Phi) is 78.2. The molecule has 36 heteroatoms. The van der Waals surface area contributed by atoms with Gasteiger partial charge in [-0.05, 0) is 46.2 Å². The van der Waals surface area contributed by atoms with E-state index in [9.17, 15) is 0 Å². The first-order valence-corrected chi connectivity index (χ1v) is 53.4. The van der Waals surface area contributed by atoms with Gasteiger partial charge in [-0.15, -0.1) is 0 Å². The van der Waals surface area contributed by atoms with Crippen molar-refractivity contribution in [3.8, 4) is 0 Å². The van der Waals surface area contributed by atoms with Crippen LogP contribution in [0.4, 0.5) is 0 Å². The highest BCUT2D eigenvalue weighted by molar-refractivity contribution is 5.18. The lowest BCUT2D eigenvalue weighted by molar-refractivity contribution is -0.273. The van der Waals surface area contributed by atoms with Gasteiger partial charge in [0.05, 0.1) is 409 Å². The summed E-state index contributed by atoms with van der Waals surface area (Å²) in [5, 5.41) is 0. The van der Waals surface area contributed by atoms with Crippen LogP contribution in [0.15, 0.2) is 206 Å². The Bertz CT molecular complexity index is 3720. The molecule has 0 saturated carbocycles. The molecule has 150 heavy (non-hydrogen) atoms. The molecule has 0 N–H and O–H groups in total. The first-order chi connectivity index (χ1) is 74.7. The zero-order valence-corrected chi connectivity index (χ0v) is 88.4. The highest BCUT2D eigenvalue weighted by Crippen LogP contribution is 2.35. The standard InChI is InChI=1S/C114H172O36/c1-7-23-99(24-8-1)91-139-41-35-105-109(145-93-101-27-11-3-12-28-101)113(147-95-103-31-15-5-16-32-103)111-107(149-105)97-141-85-83-135-77-75-131-69-67-127-63-59-123-55-51-119-47-43-115-37-19-20-38-116-44-48-120-52-56-124-60-64-128-68-70-132-76-78-136-84-86-142-98-108-112(114(148-96-104-33-17-6-18-34-104)110(146-94-102-29-13-4-14-30-102)106(150-108)36-42-140-92-100-25-9-2-10-26-100)144-90-88-138-82-80-134-74-72-130-66-62-126-58-54-122-50-46-118-40-22-21-39-117-45-49-121-53-57-125-61-65-129-71-73-133-79-81-137-87-89-143-111/h1-34,105-114H,35-98H2/b20-19+,22-21+/t105-,106-,107-,108-,109-,110-,111-,112-,113-,114-/m1/s1. The molecular formula is C114H172O36. The minimum absolute atomic E-state index is 0.200. The molecule has 844 valence electrons. The number of hydrogen-bond acceptors (Lipinski definition) is 36. The summed E-state index contributed by atoms with van der Waals surface area (Å²) in [5.41, 5.74) is 6.22. The Hall–Kier alpha value is -6.64. The molecule has 0 aliphatic carbocycles. The van der Waals surface area contributed by atoms with Crippen molar-refractivity contribution in [2.24, 2.45) is 0 Å². The molecular weight excluding hydrogens is 1950 g/mol. The van der Waals surface area contributed by atoms with Gasteiger partial charge in [-0.1, -0.05) is 206 Å². The van der Waals surface area contributed by atoms with Crippen molar-refractivity contribution in [1.82, 2.24) is 0 Å². The summed E-state index contributed by atoms with van der Waals surface area (Å²) in [4.78, 5) is 0. The highest BCUT2D eigenvalue weighted by atomic mass is 16.7. The Balaban J connectivity index is 0.648. The van der Waals surface area contributed by atoms with Crippen LogP contribution < -0.4 is 0 Å². The van der Waals surface area contributed by atoms with Crippen LogP contribution in [0.5, 0.6) is 0 Å². The van der Waals surface area contributed by atoms with Crippen LogP contribution in [-0.2, 0) is 210 Å². The summed E-state index contributed by atoms with van der Waals surface area (Å²) in [6.07, 6.45) is 3.28. The van der Waals surface area contributed by atoms with Crippen LogP contribution in [0.1, 0.15) is 46.2 Å². The number of fused-ring (bicyclic) bond motifs is 2. The molecule has 0 spiro atoms. The van der Waals surface area contributed by atoms with E-state index < -0.39 is 61.0 Å². The molecule has 3 aliphatic heterocycles. The minimum Gasteiger partial charge on any atom is -0.377 e. The van der Waals surface area contributed by atoms with Crippen molar-refractivity contribution in [3.05, 3.63) is 240 Å². The van der Waals surface area contributed by atoms with Gasteiger partial charge in [0.25, 0.3) is 0 Å². The molecule has 2 fully saturated rings. The van der Waals surface area contributed by atoms with E-state index in [1.165, 1.54) is 0 Å². The van der Waals surface area contributed by atoms with Gasteiger partial charge >= 0.3 is 0 Å². The normalized spacial score (nSPS) is 25.1. The zero-order chi connectivity index (χ0) is 104. The number of rotatable bonds is 22. The predicted octanol–water partition coefficient (Wildman–Crippen LogP) is 11.4. The van der Waals surface area contributed by atoms with Gasteiger partial charge in [-0.25, -0.2) is 0 Å². The summed E-state index contributed by atoms with van der Waals surface area (Å²) in [5.74, 6) is 0. The number of benzene rings is 6. The minimum atomic E-state index is -0.614. The van der Waals surface area contributed by atoms with E-state index in [0.29, 0.717) is 396 Å². The molecule has 10 atom stereocenters. The first kappa shape index (κ1) is 127. The Morgan fingerprint density at radius 2 is 0.340 bits per heavy atom. The zero-order valence-electron chi connectivity index (χ0n) is 88.4. The van der Waals surface area contributed by atoms with Crippen LogP contribution >= 0.6 is 0 Å². The van der Waals surface area contributed by atoms with E-state index in [4.69, 9.17) is 171 Å². The van der Waals surface area contributed by atoms with E-state index in [-0.39, 0.29) is 26.4 Å². The van der Waals surface area contributed by atoms with Crippen molar-refractivity contribution < 1.29 is 171 Å². The van der Waals surface area contributed by atoms with Gasteiger partial charge in [-0.2, -0.15) is 0 Å². The first-order valence-electron chi connectivity index (χ1n) is 53.4. The topological polar surface area (TPSA) is 332 Å². The van der Waals surface area contributed by atoms with E-state index in [1.54, 1.807) is 0 Å². The van der Waals surface area contributed by atoms with Crippen LogP contribution in [-0.4, -0.2) is 431 Å². The fourth-order valence-electron chi connectivity index (χ4n) is 15.3. The maximum Gasteiger partial charge on any atom is 0.115 e. The Morgan fingerprint density at radius 1 is 0.173 bits per heavy atom. The van der Waals surface area contributed by atoms with Crippen molar-refractivity contribution in [2.75, 3.05) is 370 Å². The van der Waals surface area contributed by atoms with E-state index >= 15 is 0 Å². The molecule has 6 aromatic rings. The lowest BCUT2D eigenvalue weighted by Gasteiger charge is -2.46. The third kappa shape index (κ3) is 64.8. The lowest BCUT2D eigenvalue weighted by atomic mass is 9.92. The molecule has 3 heterocycles. The molecule has 9 rings (SSSR count). The van der Waals surface area contributed by atoms with Crippen LogP contribution in [0.2, 0.25) is 0 Å². The summed E-state index contributed by atoms with van der Waals surface area (Å²) in [6.45, 7) is 24.6. The molecule has 3 aliphatic rings. The smallest absolute Gasteiger partial charge is 0.115 e. The molecule has 0 bridgehead atoms. The van der Waals surface area contributed by atoms with Gasteiger partial charge in [0.1, 0.15) is 48.8 Å². The van der Waals surface area contributed by atoms with Crippen molar-refractivity contribution in [1.29, 1.82) is 0 Å². The highest BCUT2D eigenvalue weighted by Gasteiger charge is 2.50. The fraction of sp³-hybridized carbons (Fsp3) is 0.649. The van der Waals surface area contributed by atoms with Gasteiger partial charge < -0.3 is 171 Å². The van der Waals surface area contributed by atoms with E-state index in [0.717, 1.165) is 33.4 Å². The summed E-state index contributed by atoms with van der Waals surface area (Å²) in [7, 11) is 0. The maximum atomic E-state index is 7.02. The third-order valence-corrected chi connectivity index (χ3v) is 22.9. The average Bonchev–Trinajstić information content (AvgIpc) is 0.791. The van der Waals surface area contributed by atoms with E-state index in [2.05, 4.69) is 24.3 Å². The van der Waals surface area contributed by atoms with Gasteiger partial charge in [0, 0.05) is 13.2 Å². The van der Waals surface area contributed by atoms with E-state index in [1.807, 2.05) is 182 Å². The van der Waals surface area contributed by atoms with Gasteiger partial charge in [0.15, 0.2) is 0 Å². The largest absolute Gasteiger partial charge is 0.377 e. The third-order valence-electron chi connectivity index (χ3n) is 22.9. The number of ether oxygens (including phenoxy) is 36. The molecule has 2 saturated heterocycles. The quantitative estimate of drug-likeness (QED) is 0.0450. The SMILES string of the molecule is C1=C/COCCOCCOCCOCCOCCOCCOC[C@H]2O[C@H](CCOCc3ccccc3)[C@@H](OCc3ccccc3)[C@@H](OCc3ccccc3)[C@@H]2OCCOCCOCCOCCOCCOCCOC/C=C/COCCOCCOCCOCCOCCOCCO[C@H]2[C@H](OCc3ccccc3)[C@H](OCc3ccccc3)[C@@H](CCOCc3ccccc3)O[C@@H]2COCCOCCOCCOCCOCCOCCOC/1. The van der Waals surface area contributed by atoms with Crippen molar-refractivity contribution in [2.45, 2.75) is 114 Å². The second-order valence-corrected chi connectivity index (χ2v) is 34.4. The van der Waals surface area contributed by atoms with Gasteiger partial charge in [0.2, 0.25) is 0 Å². The average molecular weight is 2120 g/mol. The van der Waals surface area contributed by atoms with Crippen LogP contribution in [0.25, 0.3) is 0 Å². The molecule has 0 aromatic heterocycles. The van der Waals surface area contributed by atoms with Crippen molar-refractivity contribution >= 4 is 0 Å².